The number of aryl methyl sites for hydroxylation is 1. The van der Waals surface area contributed by atoms with E-state index in [1.165, 1.54) is 19.3 Å². The molecular weight excluding hydrogens is 222 g/mol. The van der Waals surface area contributed by atoms with Gasteiger partial charge in [-0.3, -0.25) is 0 Å². The van der Waals surface area contributed by atoms with Gasteiger partial charge in [0.05, 0.1) is 0 Å². The molecule has 1 aromatic heterocycles. The van der Waals surface area contributed by atoms with E-state index in [9.17, 15) is 0 Å². The van der Waals surface area contributed by atoms with Gasteiger partial charge in [-0.15, -0.1) is 0 Å². The molecule has 0 unspecified atom stereocenters. The first-order valence-corrected chi connectivity index (χ1v) is 6.36. The van der Waals surface area contributed by atoms with Gasteiger partial charge in [-0.05, 0) is 31.6 Å². The molecule has 16 heavy (non-hydrogen) atoms. The second-order valence-electron chi connectivity index (χ2n) is 4.95. The SMILES string of the molecule is Cc1nc(Cl)cc(N2C[C@@H]3CCC[C@H]3C2)n1. The van der Waals surface area contributed by atoms with E-state index in [0.29, 0.717) is 5.15 Å². The van der Waals surface area contributed by atoms with Crippen LogP contribution in [0.4, 0.5) is 5.82 Å². The van der Waals surface area contributed by atoms with Crippen molar-refractivity contribution < 1.29 is 0 Å². The van der Waals surface area contributed by atoms with E-state index in [-0.39, 0.29) is 0 Å². The number of fused-ring (bicyclic) bond motifs is 1. The molecule has 1 aromatic rings. The molecule has 0 radical (unpaired) electrons. The molecular formula is C12H16ClN3. The first kappa shape index (κ1) is 10.3. The summed E-state index contributed by atoms with van der Waals surface area (Å²) in [7, 11) is 0. The summed E-state index contributed by atoms with van der Waals surface area (Å²) in [5.41, 5.74) is 0. The molecule has 0 amide bonds. The summed E-state index contributed by atoms with van der Waals surface area (Å²) in [4.78, 5) is 10.9. The zero-order valence-corrected chi connectivity index (χ0v) is 10.2. The lowest BCUT2D eigenvalue weighted by Crippen LogP contribution is -2.22. The van der Waals surface area contributed by atoms with Crippen LogP contribution in [0, 0.1) is 18.8 Å². The highest BCUT2D eigenvalue weighted by atomic mass is 35.5. The Balaban J connectivity index is 1.83. The average Bonchev–Trinajstić information content (AvgIpc) is 2.74. The van der Waals surface area contributed by atoms with Crippen molar-refractivity contribution >= 4 is 17.4 Å². The molecule has 0 N–H and O–H groups in total. The van der Waals surface area contributed by atoms with Gasteiger partial charge in [0.1, 0.15) is 16.8 Å². The third-order valence-electron chi connectivity index (χ3n) is 3.84. The zero-order chi connectivity index (χ0) is 11.1. The van der Waals surface area contributed by atoms with Gasteiger partial charge in [-0.1, -0.05) is 18.0 Å². The number of hydrogen-bond acceptors (Lipinski definition) is 3. The Hall–Kier alpha value is -0.830. The summed E-state index contributed by atoms with van der Waals surface area (Å²) >= 11 is 5.97. The van der Waals surface area contributed by atoms with Gasteiger partial charge in [-0.2, -0.15) is 0 Å². The molecule has 0 spiro atoms. The van der Waals surface area contributed by atoms with Crippen molar-refractivity contribution in [1.29, 1.82) is 0 Å². The zero-order valence-electron chi connectivity index (χ0n) is 9.49. The molecule has 4 heteroatoms. The maximum Gasteiger partial charge on any atom is 0.134 e. The molecule has 2 heterocycles. The summed E-state index contributed by atoms with van der Waals surface area (Å²) in [5.74, 6) is 3.54. The minimum absolute atomic E-state index is 0.555. The van der Waals surface area contributed by atoms with Gasteiger partial charge in [0.15, 0.2) is 0 Å². The number of aromatic nitrogens is 2. The second kappa shape index (κ2) is 3.88. The molecule has 2 aliphatic rings. The van der Waals surface area contributed by atoms with Gasteiger partial charge in [0.2, 0.25) is 0 Å². The van der Waals surface area contributed by atoms with E-state index in [1.807, 2.05) is 13.0 Å². The number of nitrogens with zero attached hydrogens (tertiary/aromatic N) is 3. The molecule has 2 fully saturated rings. The fourth-order valence-corrected chi connectivity index (χ4v) is 3.32. The van der Waals surface area contributed by atoms with Crippen LogP contribution in [0.15, 0.2) is 6.07 Å². The van der Waals surface area contributed by atoms with Crippen LogP contribution in [0.3, 0.4) is 0 Å². The van der Waals surface area contributed by atoms with Crippen LogP contribution in [0.5, 0.6) is 0 Å². The molecule has 3 rings (SSSR count). The Morgan fingerprint density at radius 1 is 1.25 bits per heavy atom. The van der Waals surface area contributed by atoms with E-state index in [2.05, 4.69) is 14.9 Å². The van der Waals surface area contributed by atoms with Crippen molar-refractivity contribution in [2.45, 2.75) is 26.2 Å². The smallest absolute Gasteiger partial charge is 0.134 e. The molecule has 0 bridgehead atoms. The molecule has 0 aromatic carbocycles. The first-order chi connectivity index (χ1) is 7.72. The maximum atomic E-state index is 5.97. The Labute approximate surface area is 101 Å². The van der Waals surface area contributed by atoms with Crippen molar-refractivity contribution in [3.8, 4) is 0 Å². The van der Waals surface area contributed by atoms with E-state index in [4.69, 9.17) is 11.6 Å². The largest absolute Gasteiger partial charge is 0.356 e. The highest BCUT2D eigenvalue weighted by Crippen LogP contribution is 2.39. The standard InChI is InChI=1S/C12H16ClN3/c1-8-14-11(13)5-12(15-8)16-6-9-3-2-4-10(9)7-16/h5,9-10H,2-4,6-7H2,1H3/t9-,10-/m0/s1. The van der Waals surface area contributed by atoms with Crippen LogP contribution >= 0.6 is 11.6 Å². The number of halogens is 1. The third-order valence-corrected chi connectivity index (χ3v) is 4.04. The molecule has 2 atom stereocenters. The predicted octanol–water partition coefficient (Wildman–Crippen LogP) is 2.67. The van der Waals surface area contributed by atoms with Crippen molar-refractivity contribution in [2.24, 2.45) is 11.8 Å². The highest BCUT2D eigenvalue weighted by molar-refractivity contribution is 6.29. The summed E-state index contributed by atoms with van der Waals surface area (Å²) in [6, 6.07) is 1.88. The second-order valence-corrected chi connectivity index (χ2v) is 5.34. The number of anilines is 1. The van der Waals surface area contributed by atoms with Gasteiger partial charge in [0.25, 0.3) is 0 Å². The average molecular weight is 238 g/mol. The summed E-state index contributed by atoms with van der Waals surface area (Å²) in [6.45, 7) is 4.20. The minimum atomic E-state index is 0.555. The van der Waals surface area contributed by atoms with Crippen LogP contribution in [-0.4, -0.2) is 23.1 Å². The van der Waals surface area contributed by atoms with Crippen LogP contribution in [0.2, 0.25) is 5.15 Å². The van der Waals surface area contributed by atoms with Crippen molar-refractivity contribution in [1.82, 2.24) is 9.97 Å². The van der Waals surface area contributed by atoms with Crippen molar-refractivity contribution in [3.05, 3.63) is 17.0 Å². The van der Waals surface area contributed by atoms with Crippen LogP contribution in [0.1, 0.15) is 25.1 Å². The molecule has 1 saturated carbocycles. The van der Waals surface area contributed by atoms with Gasteiger partial charge >= 0.3 is 0 Å². The maximum absolute atomic E-state index is 5.97. The van der Waals surface area contributed by atoms with Gasteiger partial charge < -0.3 is 4.90 Å². The summed E-state index contributed by atoms with van der Waals surface area (Å²) in [6.07, 6.45) is 4.19. The summed E-state index contributed by atoms with van der Waals surface area (Å²) < 4.78 is 0. The van der Waals surface area contributed by atoms with E-state index >= 15 is 0 Å². The number of rotatable bonds is 1. The summed E-state index contributed by atoms with van der Waals surface area (Å²) in [5, 5.41) is 0.555. The lowest BCUT2D eigenvalue weighted by Gasteiger charge is -2.18. The third kappa shape index (κ3) is 1.77. The fraction of sp³-hybridized carbons (Fsp3) is 0.667. The molecule has 3 nitrogen and oxygen atoms in total. The Bertz CT molecular complexity index is 375. The molecule has 1 saturated heterocycles. The van der Waals surface area contributed by atoms with E-state index in [0.717, 1.165) is 36.6 Å². The van der Waals surface area contributed by atoms with Gasteiger partial charge in [0, 0.05) is 19.2 Å². The van der Waals surface area contributed by atoms with E-state index < -0.39 is 0 Å². The quantitative estimate of drug-likeness (QED) is 0.704. The van der Waals surface area contributed by atoms with E-state index in [1.54, 1.807) is 0 Å². The monoisotopic (exact) mass is 237 g/mol. The highest BCUT2D eigenvalue weighted by Gasteiger charge is 2.36. The lowest BCUT2D eigenvalue weighted by atomic mass is 10.0. The number of hydrogen-bond donors (Lipinski definition) is 0. The lowest BCUT2D eigenvalue weighted by molar-refractivity contribution is 0.494. The van der Waals surface area contributed by atoms with Crippen LogP contribution in [0.25, 0.3) is 0 Å². The van der Waals surface area contributed by atoms with Crippen molar-refractivity contribution in [3.63, 3.8) is 0 Å². The molecule has 86 valence electrons. The minimum Gasteiger partial charge on any atom is -0.356 e. The first-order valence-electron chi connectivity index (χ1n) is 5.98. The van der Waals surface area contributed by atoms with Crippen LogP contribution in [-0.2, 0) is 0 Å². The molecule has 1 aliphatic carbocycles. The Morgan fingerprint density at radius 2 is 1.94 bits per heavy atom. The normalized spacial score (nSPS) is 28.5. The predicted molar refractivity (Wildman–Crippen MR) is 64.8 cm³/mol. The Morgan fingerprint density at radius 3 is 2.56 bits per heavy atom. The van der Waals surface area contributed by atoms with Crippen LogP contribution < -0.4 is 4.90 Å². The topological polar surface area (TPSA) is 29.0 Å². The Kier molecular flexibility index (Phi) is 2.51. The fourth-order valence-electron chi connectivity index (χ4n) is 3.10. The molecule has 1 aliphatic heterocycles. The van der Waals surface area contributed by atoms with Gasteiger partial charge in [-0.25, -0.2) is 9.97 Å². The van der Waals surface area contributed by atoms with Crippen molar-refractivity contribution in [2.75, 3.05) is 18.0 Å².